The fraction of sp³-hybridized carbons (Fsp3) is 1.00. The average Bonchev–Trinajstić information content (AvgIpc) is 2.27. The van der Waals surface area contributed by atoms with Gasteiger partial charge in [0.25, 0.3) is 0 Å². The van der Waals surface area contributed by atoms with E-state index in [-0.39, 0.29) is 0 Å². The summed E-state index contributed by atoms with van der Waals surface area (Å²) in [5.41, 5.74) is 0.492. The smallest absolute Gasteiger partial charge is 0.00217 e. The highest BCUT2D eigenvalue weighted by atomic mass is 15.1. The maximum absolute atomic E-state index is 3.52. The number of hydrogen-bond donors (Lipinski definition) is 1. The molecule has 0 radical (unpaired) electrons. The second-order valence-electron chi connectivity index (χ2n) is 6.77. The molecular formula is C15H32N2. The minimum atomic E-state index is 0.492. The van der Waals surface area contributed by atoms with Crippen molar-refractivity contribution in [2.24, 2.45) is 11.3 Å². The van der Waals surface area contributed by atoms with Crippen LogP contribution >= 0.6 is 0 Å². The highest BCUT2D eigenvalue weighted by molar-refractivity contribution is 4.73. The molecule has 1 heterocycles. The lowest BCUT2D eigenvalue weighted by Gasteiger charge is -2.30. The molecule has 102 valence electrons. The summed E-state index contributed by atoms with van der Waals surface area (Å²) in [4.78, 5) is 2.64. The Morgan fingerprint density at radius 3 is 2.59 bits per heavy atom. The van der Waals surface area contributed by atoms with E-state index in [2.05, 4.69) is 37.9 Å². The Bertz CT molecular complexity index is 190. The molecule has 0 aromatic carbocycles. The van der Waals surface area contributed by atoms with E-state index in [1.807, 2.05) is 0 Å². The largest absolute Gasteiger partial charge is 0.316 e. The topological polar surface area (TPSA) is 15.3 Å². The van der Waals surface area contributed by atoms with Gasteiger partial charge in [0, 0.05) is 6.54 Å². The fourth-order valence-electron chi connectivity index (χ4n) is 2.66. The van der Waals surface area contributed by atoms with E-state index in [1.54, 1.807) is 0 Å². The van der Waals surface area contributed by atoms with Gasteiger partial charge in [-0.05, 0) is 63.2 Å². The van der Waals surface area contributed by atoms with Crippen LogP contribution < -0.4 is 5.32 Å². The molecule has 0 spiro atoms. The second-order valence-corrected chi connectivity index (χ2v) is 6.77. The highest BCUT2D eigenvalue weighted by Crippen LogP contribution is 2.21. The van der Waals surface area contributed by atoms with Crippen LogP contribution in [0.1, 0.15) is 53.4 Å². The first-order chi connectivity index (χ1) is 8.01. The van der Waals surface area contributed by atoms with E-state index in [4.69, 9.17) is 0 Å². The molecule has 1 saturated heterocycles. The van der Waals surface area contributed by atoms with Crippen LogP contribution in [0.25, 0.3) is 0 Å². The Labute approximate surface area is 108 Å². The fourth-order valence-corrected chi connectivity index (χ4v) is 2.66. The van der Waals surface area contributed by atoms with Gasteiger partial charge < -0.3 is 10.2 Å². The third-order valence-electron chi connectivity index (χ3n) is 3.76. The van der Waals surface area contributed by atoms with Crippen molar-refractivity contribution in [3.63, 3.8) is 0 Å². The zero-order valence-corrected chi connectivity index (χ0v) is 12.4. The SMILES string of the molecule is CCN(CCCC(C)(C)C)CC1CCCNC1. The van der Waals surface area contributed by atoms with Crippen molar-refractivity contribution < 1.29 is 0 Å². The van der Waals surface area contributed by atoms with Crippen molar-refractivity contribution in [2.75, 3.05) is 32.7 Å². The van der Waals surface area contributed by atoms with E-state index >= 15 is 0 Å². The average molecular weight is 240 g/mol. The predicted molar refractivity (Wildman–Crippen MR) is 76.4 cm³/mol. The summed E-state index contributed by atoms with van der Waals surface area (Å²) in [7, 11) is 0. The first-order valence-corrected chi connectivity index (χ1v) is 7.44. The van der Waals surface area contributed by atoms with Crippen molar-refractivity contribution in [3.05, 3.63) is 0 Å². The molecule has 1 fully saturated rings. The third-order valence-corrected chi connectivity index (χ3v) is 3.76. The van der Waals surface area contributed by atoms with Crippen LogP contribution in [-0.2, 0) is 0 Å². The van der Waals surface area contributed by atoms with E-state index in [9.17, 15) is 0 Å². The van der Waals surface area contributed by atoms with Gasteiger partial charge in [-0.25, -0.2) is 0 Å². The lowest BCUT2D eigenvalue weighted by atomic mass is 9.90. The van der Waals surface area contributed by atoms with Crippen molar-refractivity contribution in [1.82, 2.24) is 10.2 Å². The van der Waals surface area contributed by atoms with Gasteiger partial charge in [-0.3, -0.25) is 0 Å². The van der Waals surface area contributed by atoms with Crippen LogP contribution in [0, 0.1) is 11.3 Å². The molecule has 0 aromatic heterocycles. The summed E-state index contributed by atoms with van der Waals surface area (Å²) in [6.07, 6.45) is 5.47. The summed E-state index contributed by atoms with van der Waals surface area (Å²) >= 11 is 0. The van der Waals surface area contributed by atoms with Gasteiger partial charge in [0.2, 0.25) is 0 Å². The van der Waals surface area contributed by atoms with Crippen molar-refractivity contribution >= 4 is 0 Å². The minimum absolute atomic E-state index is 0.492. The molecule has 17 heavy (non-hydrogen) atoms. The van der Waals surface area contributed by atoms with Crippen LogP contribution in [-0.4, -0.2) is 37.6 Å². The van der Waals surface area contributed by atoms with Gasteiger partial charge in [-0.15, -0.1) is 0 Å². The Morgan fingerprint density at radius 1 is 1.29 bits per heavy atom. The minimum Gasteiger partial charge on any atom is -0.316 e. The first kappa shape index (κ1) is 15.0. The molecule has 0 aliphatic carbocycles. The van der Waals surface area contributed by atoms with Crippen LogP contribution in [0.2, 0.25) is 0 Å². The Balaban J connectivity index is 2.18. The zero-order chi connectivity index (χ0) is 12.7. The second kappa shape index (κ2) is 7.38. The number of piperidine rings is 1. The molecule has 2 heteroatoms. The highest BCUT2D eigenvalue weighted by Gasteiger charge is 2.16. The number of hydrogen-bond acceptors (Lipinski definition) is 2. The molecule has 0 bridgehead atoms. The third kappa shape index (κ3) is 7.05. The van der Waals surface area contributed by atoms with Gasteiger partial charge in [-0.2, -0.15) is 0 Å². The molecule has 0 aromatic rings. The van der Waals surface area contributed by atoms with Crippen LogP contribution in [0.4, 0.5) is 0 Å². The van der Waals surface area contributed by atoms with Gasteiger partial charge in [-0.1, -0.05) is 27.7 Å². The summed E-state index contributed by atoms with van der Waals surface area (Å²) < 4.78 is 0. The van der Waals surface area contributed by atoms with Crippen LogP contribution in [0.15, 0.2) is 0 Å². The molecule has 1 N–H and O–H groups in total. The normalized spacial score (nSPS) is 22.1. The molecule has 0 saturated carbocycles. The molecule has 1 rings (SSSR count). The van der Waals surface area contributed by atoms with Crippen molar-refractivity contribution in [1.29, 1.82) is 0 Å². The standard InChI is InChI=1S/C15H32N2/c1-5-17(11-7-9-15(2,3)4)13-14-8-6-10-16-12-14/h14,16H,5-13H2,1-4H3. The van der Waals surface area contributed by atoms with E-state index in [1.165, 1.54) is 58.4 Å². The quantitative estimate of drug-likeness (QED) is 0.767. The molecule has 2 nitrogen and oxygen atoms in total. The van der Waals surface area contributed by atoms with E-state index < -0.39 is 0 Å². The number of nitrogens with one attached hydrogen (secondary N) is 1. The molecule has 1 aliphatic heterocycles. The monoisotopic (exact) mass is 240 g/mol. The van der Waals surface area contributed by atoms with E-state index in [0.717, 1.165) is 5.92 Å². The first-order valence-electron chi connectivity index (χ1n) is 7.44. The Hall–Kier alpha value is -0.0800. The van der Waals surface area contributed by atoms with Crippen LogP contribution in [0.3, 0.4) is 0 Å². The Morgan fingerprint density at radius 2 is 2.06 bits per heavy atom. The summed E-state index contributed by atoms with van der Waals surface area (Å²) in [5.74, 6) is 0.887. The number of rotatable bonds is 6. The maximum Gasteiger partial charge on any atom is 0.00217 e. The zero-order valence-electron chi connectivity index (χ0n) is 12.4. The van der Waals surface area contributed by atoms with Crippen LogP contribution in [0.5, 0.6) is 0 Å². The predicted octanol–water partition coefficient (Wildman–Crippen LogP) is 3.13. The molecule has 1 atom stereocenters. The Kier molecular flexibility index (Phi) is 6.50. The molecule has 1 aliphatic rings. The summed E-state index contributed by atoms with van der Waals surface area (Å²) in [5, 5.41) is 3.52. The molecular weight excluding hydrogens is 208 g/mol. The van der Waals surface area contributed by atoms with Gasteiger partial charge in [0.1, 0.15) is 0 Å². The summed E-state index contributed by atoms with van der Waals surface area (Å²) in [6.45, 7) is 15.6. The number of nitrogens with zero attached hydrogens (tertiary/aromatic N) is 1. The van der Waals surface area contributed by atoms with Crippen molar-refractivity contribution in [3.8, 4) is 0 Å². The van der Waals surface area contributed by atoms with Gasteiger partial charge in [0.05, 0.1) is 0 Å². The maximum atomic E-state index is 3.52. The molecule has 0 amide bonds. The summed E-state index contributed by atoms with van der Waals surface area (Å²) in [6, 6.07) is 0. The molecule has 1 unspecified atom stereocenters. The van der Waals surface area contributed by atoms with Gasteiger partial charge >= 0.3 is 0 Å². The van der Waals surface area contributed by atoms with Crippen molar-refractivity contribution in [2.45, 2.75) is 53.4 Å². The van der Waals surface area contributed by atoms with E-state index in [0.29, 0.717) is 5.41 Å². The lowest BCUT2D eigenvalue weighted by molar-refractivity contribution is 0.204. The van der Waals surface area contributed by atoms with Gasteiger partial charge in [0.15, 0.2) is 0 Å². The lowest BCUT2D eigenvalue weighted by Crippen LogP contribution is -2.38.